The molecule has 0 aromatic heterocycles. The molecule has 132 valence electrons. The molecule has 0 bridgehead atoms. The lowest BCUT2D eigenvalue weighted by Crippen LogP contribution is -2.30. The van der Waals surface area contributed by atoms with E-state index in [1.54, 1.807) is 7.11 Å². The van der Waals surface area contributed by atoms with E-state index in [0.717, 1.165) is 16.2 Å². The van der Waals surface area contributed by atoms with E-state index in [4.69, 9.17) is 9.84 Å². The largest absolute Gasteiger partial charge is 0.497 e. The number of thioether (sulfide) groups is 1. The zero-order valence-electron chi connectivity index (χ0n) is 14.0. The van der Waals surface area contributed by atoms with Crippen LogP contribution in [0, 0.1) is 0 Å². The van der Waals surface area contributed by atoms with Gasteiger partial charge in [-0.25, -0.2) is 0 Å². The van der Waals surface area contributed by atoms with Crippen molar-refractivity contribution in [1.29, 1.82) is 0 Å². The van der Waals surface area contributed by atoms with Crippen LogP contribution in [0.15, 0.2) is 59.5 Å². The van der Waals surface area contributed by atoms with Gasteiger partial charge in [0, 0.05) is 11.3 Å². The van der Waals surface area contributed by atoms with Crippen molar-refractivity contribution in [3.63, 3.8) is 0 Å². The molecule has 0 aliphatic rings. The van der Waals surface area contributed by atoms with Crippen LogP contribution in [-0.4, -0.2) is 29.8 Å². The molecule has 1 atom stereocenters. The molecular formula is C19H21NO4S. The molecule has 2 rings (SSSR count). The van der Waals surface area contributed by atoms with Gasteiger partial charge in [-0.1, -0.05) is 36.4 Å². The monoisotopic (exact) mass is 359 g/mol. The fraction of sp³-hybridized carbons (Fsp3) is 0.263. The number of aliphatic carboxylic acids is 1. The van der Waals surface area contributed by atoms with Gasteiger partial charge in [0.1, 0.15) is 5.75 Å². The number of hydrogen-bond acceptors (Lipinski definition) is 4. The van der Waals surface area contributed by atoms with Crippen molar-refractivity contribution in [2.24, 2.45) is 0 Å². The zero-order chi connectivity index (χ0) is 18.1. The first-order valence-corrected chi connectivity index (χ1v) is 8.90. The molecular weight excluding hydrogens is 338 g/mol. The van der Waals surface area contributed by atoms with Crippen molar-refractivity contribution >= 4 is 23.6 Å². The molecule has 0 saturated heterocycles. The number of nitrogens with one attached hydrogen (secondary N) is 1. The van der Waals surface area contributed by atoms with Crippen LogP contribution in [0.4, 0.5) is 0 Å². The second kappa shape index (κ2) is 9.74. The van der Waals surface area contributed by atoms with Crippen molar-refractivity contribution in [2.75, 3.05) is 12.9 Å². The Bertz CT molecular complexity index is 706. The summed E-state index contributed by atoms with van der Waals surface area (Å²) in [6.07, 6.45) is 0.359. The maximum atomic E-state index is 12.3. The second-order valence-corrected chi connectivity index (χ2v) is 6.48. The lowest BCUT2D eigenvalue weighted by atomic mass is 10.0. The molecule has 2 aromatic carbocycles. The number of amides is 1. The molecule has 0 fully saturated rings. The molecule has 0 heterocycles. The van der Waals surface area contributed by atoms with Gasteiger partial charge in [0.2, 0.25) is 5.91 Å². The van der Waals surface area contributed by atoms with Crippen molar-refractivity contribution < 1.29 is 19.4 Å². The smallest absolute Gasteiger partial charge is 0.303 e. The van der Waals surface area contributed by atoms with Crippen molar-refractivity contribution in [3.8, 4) is 5.75 Å². The van der Waals surface area contributed by atoms with E-state index < -0.39 is 5.97 Å². The Balaban J connectivity index is 1.95. The number of methoxy groups -OCH3 is 1. The molecule has 1 amide bonds. The number of carboxylic acid groups (broad SMARTS) is 1. The molecule has 0 radical (unpaired) electrons. The summed E-state index contributed by atoms with van der Waals surface area (Å²) in [7, 11) is 1.60. The van der Waals surface area contributed by atoms with E-state index >= 15 is 0 Å². The molecule has 1 unspecified atom stereocenters. The molecule has 0 aliphatic carbocycles. The number of carboxylic acids is 1. The Morgan fingerprint density at radius 3 is 2.60 bits per heavy atom. The fourth-order valence-corrected chi connectivity index (χ4v) is 3.11. The van der Waals surface area contributed by atoms with Crippen LogP contribution >= 0.6 is 11.8 Å². The molecule has 2 N–H and O–H groups in total. The SMILES string of the molecule is COc1cccc(SCC(=O)NC(CCC(=O)O)c2ccccc2)c1. The van der Waals surface area contributed by atoms with Gasteiger partial charge >= 0.3 is 5.97 Å². The summed E-state index contributed by atoms with van der Waals surface area (Å²) in [4.78, 5) is 24.1. The van der Waals surface area contributed by atoms with Crippen LogP contribution < -0.4 is 10.1 Å². The standard InChI is InChI=1S/C19H21NO4S/c1-24-15-8-5-9-16(12-15)25-13-18(21)20-17(10-11-19(22)23)14-6-3-2-4-7-14/h2-9,12,17H,10-11,13H2,1H3,(H,20,21)(H,22,23). The van der Waals surface area contributed by atoms with Crippen molar-refractivity contribution in [1.82, 2.24) is 5.32 Å². The average Bonchev–Trinajstić information content (AvgIpc) is 2.64. The van der Waals surface area contributed by atoms with Gasteiger partial charge in [-0.2, -0.15) is 0 Å². The second-order valence-electron chi connectivity index (χ2n) is 5.43. The van der Waals surface area contributed by atoms with Gasteiger partial charge < -0.3 is 15.2 Å². The number of benzene rings is 2. The first-order chi connectivity index (χ1) is 12.1. The van der Waals surface area contributed by atoms with E-state index in [2.05, 4.69) is 5.32 Å². The minimum Gasteiger partial charge on any atom is -0.497 e. The highest BCUT2D eigenvalue weighted by Crippen LogP contribution is 2.23. The molecule has 0 spiro atoms. The Hall–Kier alpha value is -2.47. The van der Waals surface area contributed by atoms with Gasteiger partial charge in [0.15, 0.2) is 0 Å². The number of rotatable bonds is 9. The third-order valence-corrected chi connectivity index (χ3v) is 4.59. The third-order valence-electron chi connectivity index (χ3n) is 3.60. The molecule has 0 saturated carbocycles. The number of carbonyl (C=O) groups excluding carboxylic acids is 1. The molecule has 6 heteroatoms. The molecule has 25 heavy (non-hydrogen) atoms. The predicted molar refractivity (Wildman–Crippen MR) is 97.9 cm³/mol. The summed E-state index contributed by atoms with van der Waals surface area (Å²) in [5.74, 6) is -0.00847. The zero-order valence-corrected chi connectivity index (χ0v) is 14.8. The van der Waals surface area contributed by atoms with E-state index in [9.17, 15) is 9.59 Å². The lowest BCUT2D eigenvalue weighted by molar-refractivity contribution is -0.137. The summed E-state index contributed by atoms with van der Waals surface area (Å²) in [6.45, 7) is 0. The van der Waals surface area contributed by atoms with E-state index in [0.29, 0.717) is 6.42 Å². The first-order valence-electron chi connectivity index (χ1n) is 7.91. The Kier molecular flexibility index (Phi) is 7.35. The summed E-state index contributed by atoms with van der Waals surface area (Å²) >= 11 is 1.41. The maximum absolute atomic E-state index is 12.3. The minimum absolute atomic E-state index is 0.00285. The van der Waals surface area contributed by atoms with Gasteiger partial charge in [-0.3, -0.25) is 9.59 Å². The lowest BCUT2D eigenvalue weighted by Gasteiger charge is -2.18. The number of ether oxygens (including phenoxy) is 1. The van der Waals surface area contributed by atoms with E-state index in [1.165, 1.54) is 11.8 Å². The predicted octanol–water partition coefficient (Wildman–Crippen LogP) is 3.51. The van der Waals surface area contributed by atoms with Crippen LogP contribution in [0.5, 0.6) is 5.75 Å². The van der Waals surface area contributed by atoms with Crippen LogP contribution in [0.3, 0.4) is 0 Å². The highest BCUT2D eigenvalue weighted by Gasteiger charge is 2.16. The summed E-state index contributed by atoms with van der Waals surface area (Å²) in [6, 6.07) is 16.6. The van der Waals surface area contributed by atoms with Crippen LogP contribution in [0.1, 0.15) is 24.4 Å². The fourth-order valence-electron chi connectivity index (χ4n) is 2.35. The normalized spacial score (nSPS) is 11.6. The molecule has 2 aromatic rings. The summed E-state index contributed by atoms with van der Waals surface area (Å²) < 4.78 is 5.17. The first kappa shape index (κ1) is 18.9. The topological polar surface area (TPSA) is 75.6 Å². The van der Waals surface area contributed by atoms with Crippen LogP contribution in [0.25, 0.3) is 0 Å². The minimum atomic E-state index is -0.874. The highest BCUT2D eigenvalue weighted by molar-refractivity contribution is 8.00. The third kappa shape index (κ3) is 6.51. The Morgan fingerprint density at radius 2 is 1.92 bits per heavy atom. The molecule has 0 aliphatic heterocycles. The van der Waals surface area contributed by atoms with Gasteiger partial charge in [0.25, 0.3) is 0 Å². The average molecular weight is 359 g/mol. The summed E-state index contributed by atoms with van der Waals surface area (Å²) in [5.41, 5.74) is 0.906. The maximum Gasteiger partial charge on any atom is 0.303 e. The van der Waals surface area contributed by atoms with Gasteiger partial charge in [-0.15, -0.1) is 11.8 Å². The van der Waals surface area contributed by atoms with Crippen LogP contribution in [-0.2, 0) is 9.59 Å². The number of carbonyl (C=O) groups is 2. The van der Waals surface area contributed by atoms with Crippen molar-refractivity contribution in [3.05, 3.63) is 60.2 Å². The summed E-state index contributed by atoms with van der Waals surface area (Å²) in [5, 5.41) is 11.8. The van der Waals surface area contributed by atoms with Crippen molar-refractivity contribution in [2.45, 2.75) is 23.8 Å². The van der Waals surface area contributed by atoms with Crippen LogP contribution in [0.2, 0.25) is 0 Å². The Labute approximate surface area is 151 Å². The number of hydrogen-bond donors (Lipinski definition) is 2. The quantitative estimate of drug-likeness (QED) is 0.670. The van der Waals surface area contributed by atoms with Gasteiger partial charge in [-0.05, 0) is 30.2 Å². The van der Waals surface area contributed by atoms with Gasteiger partial charge in [0.05, 0.1) is 18.9 Å². The highest BCUT2D eigenvalue weighted by atomic mass is 32.2. The molecule has 5 nitrogen and oxygen atoms in total. The van der Waals surface area contributed by atoms with E-state index in [1.807, 2.05) is 54.6 Å². The Morgan fingerprint density at radius 1 is 1.16 bits per heavy atom. The van der Waals surface area contributed by atoms with E-state index in [-0.39, 0.29) is 24.1 Å².